The van der Waals surface area contributed by atoms with Crippen LogP contribution in [0.5, 0.6) is 17.2 Å². The van der Waals surface area contributed by atoms with Gasteiger partial charge in [-0.1, -0.05) is 6.07 Å². The van der Waals surface area contributed by atoms with Crippen molar-refractivity contribution in [3.8, 4) is 28.4 Å². The summed E-state index contributed by atoms with van der Waals surface area (Å²) in [7, 11) is 0. The van der Waals surface area contributed by atoms with Crippen LogP contribution < -0.4 is 19.6 Å². The molecule has 0 N–H and O–H groups in total. The van der Waals surface area contributed by atoms with Gasteiger partial charge in [0, 0.05) is 33.8 Å². The number of carbonyl (C=O) groups excluding carboxylic acids is 5. The molecule has 0 aliphatic carbocycles. The van der Waals surface area contributed by atoms with Crippen LogP contribution >= 0.6 is 0 Å². The fourth-order valence-corrected chi connectivity index (χ4v) is 5.47. The Morgan fingerprint density at radius 3 is 2.08 bits per heavy atom. The van der Waals surface area contributed by atoms with Crippen molar-refractivity contribution in [2.75, 3.05) is 26.4 Å². The topological polar surface area (TPSA) is 199 Å². The van der Waals surface area contributed by atoms with Crippen molar-refractivity contribution < 1.29 is 71.0 Å². The molecule has 16 nitrogen and oxygen atoms in total. The van der Waals surface area contributed by atoms with E-state index in [0.29, 0.717) is 30.3 Å². The molecule has 5 rings (SSSR count). The number of esters is 5. The van der Waals surface area contributed by atoms with E-state index in [-0.39, 0.29) is 34.6 Å². The van der Waals surface area contributed by atoms with Crippen molar-refractivity contribution in [3.63, 3.8) is 0 Å². The van der Waals surface area contributed by atoms with Gasteiger partial charge in [0.05, 0.1) is 17.6 Å². The summed E-state index contributed by atoms with van der Waals surface area (Å²) in [5.41, 5.74) is -0.390. The summed E-state index contributed by atoms with van der Waals surface area (Å²) in [6.45, 7) is 6.22. The molecule has 0 amide bonds. The molecule has 3 heterocycles. The number of hydrogen-bond donors (Lipinski definition) is 0. The third kappa shape index (κ3) is 7.97. The molecule has 5 unspecified atom stereocenters. The van der Waals surface area contributed by atoms with Gasteiger partial charge in [0.1, 0.15) is 37.3 Å². The lowest BCUT2D eigenvalue weighted by Crippen LogP contribution is -2.63. The maximum atomic E-state index is 13.9. The zero-order chi connectivity index (χ0) is 36.1. The lowest BCUT2D eigenvalue weighted by Gasteiger charge is -2.43. The minimum Gasteiger partial charge on any atom is -0.486 e. The molecule has 1 saturated heterocycles. The number of hydrogen-bond acceptors (Lipinski definition) is 16. The van der Waals surface area contributed by atoms with Crippen LogP contribution in [0.4, 0.5) is 0 Å². The molecule has 2 aromatic carbocycles. The Morgan fingerprint density at radius 2 is 1.42 bits per heavy atom. The van der Waals surface area contributed by atoms with Gasteiger partial charge in [-0.3, -0.25) is 24.0 Å². The van der Waals surface area contributed by atoms with E-state index < -0.39 is 72.6 Å². The Bertz CT molecular complexity index is 1860. The Labute approximate surface area is 284 Å². The van der Waals surface area contributed by atoms with Crippen LogP contribution in [0.3, 0.4) is 0 Å². The number of ether oxygens (including phenoxy) is 9. The summed E-state index contributed by atoms with van der Waals surface area (Å²) in [5, 5.41) is 0.0665. The second-order valence-electron chi connectivity index (χ2n) is 11.1. The molecule has 16 heteroatoms. The summed E-state index contributed by atoms with van der Waals surface area (Å²) >= 11 is 0. The zero-order valence-corrected chi connectivity index (χ0v) is 27.7. The largest absolute Gasteiger partial charge is 0.486 e. The molecular formula is C34H34O16. The molecule has 2 aliphatic heterocycles. The number of rotatable bonds is 10. The first-order chi connectivity index (χ1) is 23.9. The van der Waals surface area contributed by atoms with Gasteiger partial charge >= 0.3 is 29.8 Å². The van der Waals surface area contributed by atoms with Crippen LogP contribution in [0, 0.1) is 0 Å². The minimum absolute atomic E-state index is 0.00673. The van der Waals surface area contributed by atoms with E-state index in [0.717, 1.165) is 27.7 Å². The first kappa shape index (κ1) is 35.7. The first-order valence-electron chi connectivity index (χ1n) is 15.5. The lowest BCUT2D eigenvalue weighted by molar-refractivity contribution is -0.288. The van der Waals surface area contributed by atoms with E-state index in [1.807, 2.05) is 0 Å². The predicted octanol–water partition coefficient (Wildman–Crippen LogP) is 2.87. The molecule has 266 valence electrons. The molecule has 5 atom stereocenters. The molecule has 1 fully saturated rings. The smallest absolute Gasteiger partial charge is 0.375 e. The van der Waals surface area contributed by atoms with E-state index >= 15 is 0 Å². The average Bonchev–Trinajstić information content (AvgIpc) is 3.05. The highest BCUT2D eigenvalue weighted by Gasteiger charge is 2.53. The molecule has 0 radical (unpaired) electrons. The minimum atomic E-state index is -1.55. The SMILES string of the molecule is CCOC(=O)c1oc2cc(OC3OC(COC(C)=O)C(OC(C)=O)C(OC(C)=O)C3OC(C)=O)ccc2c(=O)c1-c1ccc2c(c1)OCCO2. The lowest BCUT2D eigenvalue weighted by atomic mass is 9.98. The predicted molar refractivity (Wildman–Crippen MR) is 167 cm³/mol. The van der Waals surface area contributed by atoms with E-state index in [1.165, 1.54) is 18.2 Å². The van der Waals surface area contributed by atoms with Crippen molar-refractivity contribution in [1.82, 2.24) is 0 Å². The fourth-order valence-electron chi connectivity index (χ4n) is 5.47. The van der Waals surface area contributed by atoms with Crippen molar-refractivity contribution >= 4 is 40.8 Å². The van der Waals surface area contributed by atoms with Crippen molar-refractivity contribution in [2.24, 2.45) is 0 Å². The molecular weight excluding hydrogens is 664 g/mol. The number of fused-ring (bicyclic) bond motifs is 2. The molecule has 0 bridgehead atoms. The normalized spacial score (nSPS) is 21.0. The van der Waals surface area contributed by atoms with Crippen LogP contribution in [0.1, 0.15) is 45.2 Å². The van der Waals surface area contributed by atoms with Crippen LogP contribution in [-0.2, 0) is 47.6 Å². The molecule has 0 saturated carbocycles. The summed E-state index contributed by atoms with van der Waals surface area (Å²) in [4.78, 5) is 75.1. The highest BCUT2D eigenvalue weighted by atomic mass is 16.7. The van der Waals surface area contributed by atoms with Crippen LogP contribution in [0.15, 0.2) is 45.6 Å². The Hall–Kier alpha value is -5.64. The second kappa shape index (κ2) is 15.3. The van der Waals surface area contributed by atoms with Crippen LogP contribution in [0.25, 0.3) is 22.1 Å². The van der Waals surface area contributed by atoms with E-state index in [9.17, 15) is 28.8 Å². The highest BCUT2D eigenvalue weighted by Crippen LogP contribution is 2.37. The van der Waals surface area contributed by atoms with Crippen molar-refractivity contribution in [2.45, 2.75) is 65.3 Å². The van der Waals surface area contributed by atoms with Gasteiger partial charge in [0.25, 0.3) is 0 Å². The van der Waals surface area contributed by atoms with Gasteiger partial charge in [-0.25, -0.2) is 4.79 Å². The van der Waals surface area contributed by atoms with E-state index in [1.54, 1.807) is 25.1 Å². The van der Waals surface area contributed by atoms with Gasteiger partial charge < -0.3 is 47.0 Å². The third-order valence-electron chi connectivity index (χ3n) is 7.36. The molecule has 1 aromatic heterocycles. The first-order valence-corrected chi connectivity index (χ1v) is 15.5. The summed E-state index contributed by atoms with van der Waals surface area (Å²) < 4.78 is 55.9. The molecule has 0 spiro atoms. The Balaban J connectivity index is 1.57. The fraction of sp³-hybridized carbons (Fsp3) is 0.412. The summed E-state index contributed by atoms with van der Waals surface area (Å²) in [5.74, 6) is -3.54. The van der Waals surface area contributed by atoms with Gasteiger partial charge in [0.2, 0.25) is 23.6 Å². The van der Waals surface area contributed by atoms with Crippen molar-refractivity contribution in [1.29, 1.82) is 0 Å². The third-order valence-corrected chi connectivity index (χ3v) is 7.36. The van der Waals surface area contributed by atoms with Gasteiger partial charge in [0.15, 0.2) is 23.7 Å². The quantitative estimate of drug-likeness (QED) is 0.221. The number of benzene rings is 2. The van der Waals surface area contributed by atoms with E-state index in [2.05, 4.69) is 0 Å². The average molecular weight is 699 g/mol. The van der Waals surface area contributed by atoms with Crippen LogP contribution in [-0.4, -0.2) is 87.0 Å². The Morgan fingerprint density at radius 1 is 0.760 bits per heavy atom. The molecule has 3 aromatic rings. The van der Waals surface area contributed by atoms with Gasteiger partial charge in [-0.05, 0) is 36.8 Å². The molecule has 2 aliphatic rings. The highest BCUT2D eigenvalue weighted by molar-refractivity contribution is 5.98. The maximum absolute atomic E-state index is 13.9. The molecule has 50 heavy (non-hydrogen) atoms. The zero-order valence-electron chi connectivity index (χ0n) is 27.7. The summed E-state index contributed by atoms with van der Waals surface area (Å²) in [6.07, 6.45) is -7.18. The van der Waals surface area contributed by atoms with Gasteiger partial charge in [-0.2, -0.15) is 0 Å². The van der Waals surface area contributed by atoms with E-state index in [4.69, 9.17) is 47.0 Å². The standard InChI is InChI=1S/C34H34O16/c1-6-41-33(40)30-27(20-7-10-23-25(13-20)43-12-11-42-23)28(39)22-9-8-21(14-24(22)49-30)48-34-32(47-19(5)38)31(46-18(4)37)29(45-17(3)36)26(50-34)15-44-16(2)35/h7-10,13-14,26,29,31-32,34H,6,11-12,15H2,1-5H3. The second-order valence-corrected chi connectivity index (χ2v) is 11.1. The van der Waals surface area contributed by atoms with Gasteiger partial charge in [-0.15, -0.1) is 0 Å². The number of carbonyl (C=O) groups is 5. The maximum Gasteiger partial charge on any atom is 0.375 e. The monoisotopic (exact) mass is 698 g/mol. The Kier molecular flexibility index (Phi) is 10.9. The van der Waals surface area contributed by atoms with Crippen molar-refractivity contribution in [3.05, 3.63) is 52.4 Å². The summed E-state index contributed by atoms with van der Waals surface area (Å²) in [6, 6.07) is 8.85. The van der Waals surface area contributed by atoms with Crippen LogP contribution in [0.2, 0.25) is 0 Å².